The van der Waals surface area contributed by atoms with Crippen LogP contribution in [0.25, 0.3) is 11.4 Å². The van der Waals surface area contributed by atoms with Gasteiger partial charge in [0.2, 0.25) is 5.91 Å². The Kier molecular flexibility index (Phi) is 6.08. The summed E-state index contributed by atoms with van der Waals surface area (Å²) in [6.45, 7) is 6.66. The molecule has 1 aliphatic carbocycles. The van der Waals surface area contributed by atoms with Gasteiger partial charge in [-0.05, 0) is 48.1 Å². The zero-order valence-electron chi connectivity index (χ0n) is 18.7. The molecule has 0 saturated heterocycles. The molecule has 7 nitrogen and oxygen atoms in total. The number of hydrogen-bond acceptors (Lipinski definition) is 4. The Morgan fingerprint density at radius 2 is 1.84 bits per heavy atom. The van der Waals surface area contributed by atoms with Crippen LogP contribution in [0.15, 0.2) is 48.5 Å². The van der Waals surface area contributed by atoms with Gasteiger partial charge in [0.25, 0.3) is 5.91 Å². The molecule has 4 rings (SSSR count). The summed E-state index contributed by atoms with van der Waals surface area (Å²) in [5.41, 5.74) is 3.32. The highest BCUT2D eigenvalue weighted by atomic mass is 16.2. The van der Waals surface area contributed by atoms with E-state index in [1.807, 2.05) is 48.5 Å². The lowest BCUT2D eigenvalue weighted by Gasteiger charge is -2.19. The van der Waals surface area contributed by atoms with E-state index >= 15 is 0 Å². The van der Waals surface area contributed by atoms with Crippen LogP contribution in [0, 0.1) is 0 Å². The number of nitrogens with zero attached hydrogens (tertiary/aromatic N) is 2. The van der Waals surface area contributed by atoms with Crippen molar-refractivity contribution in [1.82, 2.24) is 20.5 Å². The second-order valence-electron chi connectivity index (χ2n) is 9.28. The highest BCUT2D eigenvalue weighted by Gasteiger charge is 2.27. The van der Waals surface area contributed by atoms with Gasteiger partial charge in [0.1, 0.15) is 5.82 Å². The standard InChI is InChI=1S/C25H29N5O2/c1-25(2,3)19-11-9-17(10-12-19)24(32)26-14-13-21(31)27-20-6-4-5-18(15-20)23-28-22(29-30-23)16-7-8-16/h4-6,9-12,15-16H,7-8,13-14H2,1-3H3,(H,26,32)(H,27,31)(H,28,29,30). The third-order valence-electron chi connectivity index (χ3n) is 5.52. The minimum atomic E-state index is -0.184. The summed E-state index contributed by atoms with van der Waals surface area (Å²) in [5, 5.41) is 13.0. The number of nitrogens with one attached hydrogen (secondary N) is 3. The molecule has 0 spiro atoms. The van der Waals surface area contributed by atoms with Crippen LogP contribution >= 0.6 is 0 Å². The van der Waals surface area contributed by atoms with Gasteiger partial charge in [-0.2, -0.15) is 5.10 Å². The van der Waals surface area contributed by atoms with E-state index in [2.05, 4.69) is 46.6 Å². The number of anilines is 1. The van der Waals surface area contributed by atoms with Crippen LogP contribution in [0.5, 0.6) is 0 Å². The lowest BCUT2D eigenvalue weighted by atomic mass is 9.87. The summed E-state index contributed by atoms with van der Waals surface area (Å²) >= 11 is 0. The van der Waals surface area contributed by atoms with Gasteiger partial charge in [-0.15, -0.1) is 0 Å². The predicted molar refractivity (Wildman–Crippen MR) is 125 cm³/mol. The molecule has 0 bridgehead atoms. The zero-order valence-corrected chi connectivity index (χ0v) is 18.7. The molecule has 0 aliphatic heterocycles. The summed E-state index contributed by atoms with van der Waals surface area (Å²) in [6, 6.07) is 15.0. The van der Waals surface area contributed by atoms with Gasteiger partial charge in [-0.3, -0.25) is 14.7 Å². The average Bonchev–Trinajstić information content (AvgIpc) is 3.50. The van der Waals surface area contributed by atoms with Crippen molar-refractivity contribution in [2.24, 2.45) is 0 Å². The molecule has 0 radical (unpaired) electrons. The molecule has 0 unspecified atom stereocenters. The first-order chi connectivity index (χ1) is 15.3. The van der Waals surface area contributed by atoms with Crippen LogP contribution in [0.3, 0.4) is 0 Å². The summed E-state index contributed by atoms with van der Waals surface area (Å²) in [6.07, 6.45) is 2.50. The van der Waals surface area contributed by atoms with E-state index in [4.69, 9.17) is 0 Å². The van der Waals surface area contributed by atoms with E-state index in [9.17, 15) is 9.59 Å². The first kappa shape index (κ1) is 21.7. The maximum atomic E-state index is 12.3. The van der Waals surface area contributed by atoms with E-state index in [1.54, 1.807) is 0 Å². The van der Waals surface area contributed by atoms with Crippen LogP contribution in [-0.4, -0.2) is 33.5 Å². The van der Waals surface area contributed by atoms with Crippen molar-refractivity contribution in [2.45, 2.75) is 51.4 Å². The van der Waals surface area contributed by atoms with Gasteiger partial charge in [0.05, 0.1) is 0 Å². The minimum Gasteiger partial charge on any atom is -0.352 e. The molecule has 1 saturated carbocycles. The van der Waals surface area contributed by atoms with Gasteiger partial charge >= 0.3 is 0 Å². The molecule has 3 aromatic rings. The molecule has 2 aromatic carbocycles. The maximum absolute atomic E-state index is 12.3. The maximum Gasteiger partial charge on any atom is 0.251 e. The Morgan fingerprint density at radius 1 is 1.09 bits per heavy atom. The fourth-order valence-corrected chi connectivity index (χ4v) is 3.42. The highest BCUT2D eigenvalue weighted by Crippen LogP contribution is 2.38. The third-order valence-corrected chi connectivity index (χ3v) is 5.52. The topological polar surface area (TPSA) is 99.8 Å². The summed E-state index contributed by atoms with van der Waals surface area (Å²) < 4.78 is 0. The SMILES string of the molecule is CC(C)(C)c1ccc(C(=O)NCCC(=O)Nc2cccc(-c3n[nH]c(C4CC4)n3)c2)cc1. The molecule has 1 aromatic heterocycles. The van der Waals surface area contributed by atoms with Crippen molar-refractivity contribution >= 4 is 17.5 Å². The van der Waals surface area contributed by atoms with Gasteiger partial charge in [-0.25, -0.2) is 4.98 Å². The van der Waals surface area contributed by atoms with E-state index in [0.29, 0.717) is 23.0 Å². The second-order valence-corrected chi connectivity index (χ2v) is 9.28. The van der Waals surface area contributed by atoms with Crippen molar-refractivity contribution in [3.63, 3.8) is 0 Å². The second kappa shape index (κ2) is 8.94. The smallest absolute Gasteiger partial charge is 0.251 e. The van der Waals surface area contributed by atoms with E-state index < -0.39 is 0 Å². The van der Waals surface area contributed by atoms with Gasteiger partial charge < -0.3 is 10.6 Å². The molecular formula is C25H29N5O2. The molecular weight excluding hydrogens is 402 g/mol. The highest BCUT2D eigenvalue weighted by molar-refractivity contribution is 5.95. The zero-order chi connectivity index (χ0) is 22.7. The largest absolute Gasteiger partial charge is 0.352 e. The van der Waals surface area contributed by atoms with Crippen LogP contribution < -0.4 is 10.6 Å². The molecule has 32 heavy (non-hydrogen) atoms. The van der Waals surface area contributed by atoms with Crippen LogP contribution in [0.4, 0.5) is 5.69 Å². The number of hydrogen-bond donors (Lipinski definition) is 3. The molecule has 1 fully saturated rings. The molecule has 166 valence electrons. The van der Waals surface area contributed by atoms with E-state index in [0.717, 1.165) is 24.2 Å². The van der Waals surface area contributed by atoms with Crippen LogP contribution in [-0.2, 0) is 10.2 Å². The molecule has 3 N–H and O–H groups in total. The molecule has 1 aliphatic rings. The lowest BCUT2D eigenvalue weighted by molar-refractivity contribution is -0.116. The number of H-pyrrole nitrogens is 1. The quantitative estimate of drug-likeness (QED) is 0.516. The van der Waals surface area contributed by atoms with Crippen molar-refractivity contribution < 1.29 is 9.59 Å². The fourth-order valence-electron chi connectivity index (χ4n) is 3.42. The van der Waals surface area contributed by atoms with Crippen LogP contribution in [0.2, 0.25) is 0 Å². The van der Waals surface area contributed by atoms with Crippen LogP contribution in [0.1, 0.15) is 67.7 Å². The number of aromatic amines is 1. The molecule has 1 heterocycles. The van der Waals surface area contributed by atoms with Crippen molar-refractivity contribution in [2.75, 3.05) is 11.9 Å². The third kappa shape index (κ3) is 5.41. The Bertz CT molecular complexity index is 1110. The monoisotopic (exact) mass is 431 g/mol. The predicted octanol–water partition coefficient (Wildman–Crippen LogP) is 4.41. The van der Waals surface area contributed by atoms with E-state index in [-0.39, 0.29) is 30.2 Å². The fraction of sp³-hybridized carbons (Fsp3) is 0.360. The summed E-state index contributed by atoms with van der Waals surface area (Å²) in [5.74, 6) is 1.72. The first-order valence-electron chi connectivity index (χ1n) is 11.0. The van der Waals surface area contributed by atoms with Gasteiger partial charge in [0.15, 0.2) is 5.82 Å². The average molecular weight is 432 g/mol. The van der Waals surface area contributed by atoms with Crippen molar-refractivity contribution in [1.29, 1.82) is 0 Å². The Labute approximate surface area is 188 Å². The molecule has 2 amide bonds. The van der Waals surface area contributed by atoms with Crippen molar-refractivity contribution in [3.8, 4) is 11.4 Å². The van der Waals surface area contributed by atoms with E-state index in [1.165, 1.54) is 5.56 Å². The Morgan fingerprint density at radius 3 is 2.53 bits per heavy atom. The number of benzene rings is 2. The number of amides is 2. The minimum absolute atomic E-state index is 0.0388. The Hall–Kier alpha value is -3.48. The summed E-state index contributed by atoms with van der Waals surface area (Å²) in [7, 11) is 0. The Balaban J connectivity index is 1.27. The van der Waals surface area contributed by atoms with Crippen molar-refractivity contribution in [3.05, 3.63) is 65.5 Å². The summed E-state index contributed by atoms with van der Waals surface area (Å²) in [4.78, 5) is 29.2. The molecule has 7 heteroatoms. The normalized spacial score (nSPS) is 13.6. The number of aromatic nitrogens is 3. The van der Waals surface area contributed by atoms with Gasteiger partial charge in [0, 0.05) is 35.7 Å². The lowest BCUT2D eigenvalue weighted by Crippen LogP contribution is -2.27. The number of carbonyl (C=O) groups is 2. The first-order valence-corrected chi connectivity index (χ1v) is 11.0. The number of rotatable bonds is 7. The molecule has 0 atom stereocenters. The van der Waals surface area contributed by atoms with Gasteiger partial charge in [-0.1, -0.05) is 45.0 Å². The number of carbonyl (C=O) groups excluding carboxylic acids is 2.